The summed E-state index contributed by atoms with van der Waals surface area (Å²) in [6.07, 6.45) is 5.91. The van der Waals surface area contributed by atoms with Crippen molar-refractivity contribution < 1.29 is 4.79 Å². The summed E-state index contributed by atoms with van der Waals surface area (Å²) in [5.41, 5.74) is 1.43. The molecular formula is C18H28N2OS. The van der Waals surface area contributed by atoms with Gasteiger partial charge in [0.2, 0.25) is 0 Å². The molecule has 4 heteroatoms. The predicted octanol–water partition coefficient (Wildman–Crippen LogP) is 3.43. The van der Waals surface area contributed by atoms with Crippen LogP contribution in [0.4, 0.5) is 0 Å². The van der Waals surface area contributed by atoms with Crippen molar-refractivity contribution in [2.75, 3.05) is 26.7 Å². The quantitative estimate of drug-likeness (QED) is 0.848. The van der Waals surface area contributed by atoms with Crippen molar-refractivity contribution in [3.63, 3.8) is 0 Å². The zero-order valence-corrected chi connectivity index (χ0v) is 14.9. The Hall–Kier alpha value is -0.870. The summed E-state index contributed by atoms with van der Waals surface area (Å²) in [4.78, 5) is 19.6. The second-order valence-electron chi connectivity index (χ2n) is 7.18. The van der Waals surface area contributed by atoms with Gasteiger partial charge in [0.05, 0.1) is 4.88 Å². The van der Waals surface area contributed by atoms with E-state index in [1.54, 1.807) is 11.3 Å². The van der Waals surface area contributed by atoms with Gasteiger partial charge in [-0.15, -0.1) is 11.3 Å². The van der Waals surface area contributed by atoms with Gasteiger partial charge in [-0.05, 0) is 70.5 Å². The van der Waals surface area contributed by atoms with Crippen LogP contribution in [-0.4, -0.2) is 48.4 Å². The van der Waals surface area contributed by atoms with Crippen LogP contribution in [0.25, 0.3) is 0 Å². The maximum atomic E-state index is 12.7. The summed E-state index contributed by atoms with van der Waals surface area (Å²) in [6.45, 7) is 7.51. The van der Waals surface area contributed by atoms with Gasteiger partial charge in [0, 0.05) is 30.6 Å². The smallest absolute Gasteiger partial charge is 0.263 e. The first-order valence-electron chi connectivity index (χ1n) is 8.65. The summed E-state index contributed by atoms with van der Waals surface area (Å²) >= 11 is 1.74. The Balaban J connectivity index is 1.53. The minimum atomic E-state index is 0.273. The molecule has 1 amide bonds. The van der Waals surface area contributed by atoms with E-state index in [9.17, 15) is 4.79 Å². The largest absolute Gasteiger partial charge is 0.338 e. The van der Waals surface area contributed by atoms with Crippen LogP contribution in [0.15, 0.2) is 6.07 Å². The third-order valence-corrected chi connectivity index (χ3v) is 6.51. The van der Waals surface area contributed by atoms with Gasteiger partial charge >= 0.3 is 0 Å². The number of amides is 1. The van der Waals surface area contributed by atoms with E-state index in [0.29, 0.717) is 6.04 Å². The molecule has 0 bridgehead atoms. The minimum Gasteiger partial charge on any atom is -0.338 e. The van der Waals surface area contributed by atoms with E-state index in [-0.39, 0.29) is 5.91 Å². The van der Waals surface area contributed by atoms with E-state index < -0.39 is 0 Å². The molecule has 1 aliphatic carbocycles. The highest BCUT2D eigenvalue weighted by molar-refractivity contribution is 7.14. The van der Waals surface area contributed by atoms with Crippen LogP contribution in [0.5, 0.6) is 0 Å². The fraction of sp³-hybridized carbons (Fsp3) is 0.722. The number of carbonyl (C=O) groups excluding carboxylic acids is 1. The number of hydrogen-bond donors (Lipinski definition) is 0. The van der Waals surface area contributed by atoms with Crippen molar-refractivity contribution in [3.8, 4) is 0 Å². The molecule has 0 atom stereocenters. The molecular weight excluding hydrogens is 292 g/mol. The topological polar surface area (TPSA) is 23.6 Å². The molecule has 22 heavy (non-hydrogen) atoms. The first-order valence-corrected chi connectivity index (χ1v) is 9.47. The van der Waals surface area contributed by atoms with Gasteiger partial charge in [0.25, 0.3) is 5.91 Å². The maximum absolute atomic E-state index is 12.7. The molecule has 3 nitrogen and oxygen atoms in total. The van der Waals surface area contributed by atoms with Crippen molar-refractivity contribution in [3.05, 3.63) is 21.4 Å². The van der Waals surface area contributed by atoms with Crippen LogP contribution in [0.2, 0.25) is 0 Å². The van der Waals surface area contributed by atoms with E-state index in [1.807, 2.05) is 0 Å². The number of likely N-dealkylation sites (tertiary alicyclic amines) is 1. The van der Waals surface area contributed by atoms with Crippen LogP contribution in [-0.2, 0) is 12.8 Å². The second kappa shape index (κ2) is 6.71. The summed E-state index contributed by atoms with van der Waals surface area (Å²) < 4.78 is 0. The highest BCUT2D eigenvalue weighted by atomic mass is 32.1. The lowest BCUT2D eigenvalue weighted by Crippen LogP contribution is -2.41. The molecule has 0 aromatic carbocycles. The Morgan fingerprint density at radius 1 is 1.36 bits per heavy atom. The van der Waals surface area contributed by atoms with Crippen LogP contribution in [0, 0.1) is 5.92 Å². The van der Waals surface area contributed by atoms with Gasteiger partial charge in [-0.2, -0.15) is 0 Å². The average Bonchev–Trinajstić information content (AvgIpc) is 3.08. The second-order valence-corrected chi connectivity index (χ2v) is 8.32. The number of hydrogen-bond acceptors (Lipinski definition) is 3. The van der Waals surface area contributed by atoms with Gasteiger partial charge in [0.15, 0.2) is 0 Å². The van der Waals surface area contributed by atoms with E-state index in [2.05, 4.69) is 36.8 Å². The molecule has 122 valence electrons. The highest BCUT2D eigenvalue weighted by Crippen LogP contribution is 2.32. The molecule has 1 aliphatic heterocycles. The molecule has 1 aromatic rings. The van der Waals surface area contributed by atoms with Crippen molar-refractivity contribution in [1.82, 2.24) is 9.80 Å². The van der Waals surface area contributed by atoms with E-state index in [1.165, 1.54) is 29.7 Å². The Labute approximate surface area is 138 Å². The van der Waals surface area contributed by atoms with Gasteiger partial charge in [0.1, 0.15) is 0 Å². The van der Waals surface area contributed by atoms with E-state index in [0.717, 1.165) is 43.3 Å². The standard InChI is InChI=1S/C18H28N2OS/c1-13(2)19(3)12-14-7-9-20(10-8-14)18(21)17-11-15-5-4-6-16(15)22-17/h11,13-14H,4-10,12H2,1-3H3. The van der Waals surface area contributed by atoms with Crippen molar-refractivity contribution in [1.29, 1.82) is 0 Å². The summed E-state index contributed by atoms with van der Waals surface area (Å²) in [5.74, 6) is 1.01. The molecule has 2 aliphatic rings. The average molecular weight is 321 g/mol. The monoisotopic (exact) mass is 320 g/mol. The fourth-order valence-corrected chi connectivity index (χ4v) is 4.75. The molecule has 0 radical (unpaired) electrons. The van der Waals surface area contributed by atoms with Crippen molar-refractivity contribution in [2.45, 2.75) is 52.0 Å². The summed E-state index contributed by atoms with van der Waals surface area (Å²) in [5, 5.41) is 0. The maximum Gasteiger partial charge on any atom is 0.263 e. The molecule has 0 N–H and O–H groups in total. The normalized spacial score (nSPS) is 19.2. The molecule has 3 rings (SSSR count). The third-order valence-electron chi connectivity index (χ3n) is 5.29. The molecule has 1 saturated heterocycles. The van der Waals surface area contributed by atoms with Crippen LogP contribution in [0.1, 0.15) is 53.2 Å². The van der Waals surface area contributed by atoms with Gasteiger partial charge in [-0.3, -0.25) is 4.79 Å². The van der Waals surface area contributed by atoms with E-state index >= 15 is 0 Å². The van der Waals surface area contributed by atoms with Gasteiger partial charge < -0.3 is 9.80 Å². The molecule has 0 spiro atoms. The van der Waals surface area contributed by atoms with Gasteiger partial charge in [-0.25, -0.2) is 0 Å². The summed E-state index contributed by atoms with van der Waals surface area (Å²) in [7, 11) is 2.20. The van der Waals surface area contributed by atoms with Gasteiger partial charge in [-0.1, -0.05) is 0 Å². The molecule has 0 unspecified atom stereocenters. The Bertz CT molecular complexity index is 508. The number of carbonyl (C=O) groups is 1. The predicted molar refractivity (Wildman–Crippen MR) is 92.7 cm³/mol. The molecule has 1 aromatic heterocycles. The lowest BCUT2D eigenvalue weighted by molar-refractivity contribution is 0.0671. The number of nitrogens with zero attached hydrogens (tertiary/aromatic N) is 2. The lowest BCUT2D eigenvalue weighted by Gasteiger charge is -2.34. The molecule has 1 fully saturated rings. The Kier molecular flexibility index (Phi) is 4.88. The van der Waals surface area contributed by atoms with E-state index in [4.69, 9.17) is 0 Å². The lowest BCUT2D eigenvalue weighted by atomic mass is 9.96. The highest BCUT2D eigenvalue weighted by Gasteiger charge is 2.27. The zero-order chi connectivity index (χ0) is 15.7. The zero-order valence-electron chi connectivity index (χ0n) is 14.1. The first kappa shape index (κ1) is 16.0. The number of piperidine rings is 1. The Morgan fingerprint density at radius 2 is 2.09 bits per heavy atom. The number of aryl methyl sites for hydroxylation is 2. The molecule has 2 heterocycles. The minimum absolute atomic E-state index is 0.273. The van der Waals surface area contributed by atoms with Crippen LogP contribution >= 0.6 is 11.3 Å². The SMILES string of the molecule is CC(C)N(C)CC1CCN(C(=O)c2cc3c(s2)CCC3)CC1. The summed E-state index contributed by atoms with van der Waals surface area (Å²) in [6, 6.07) is 2.77. The van der Waals surface area contributed by atoms with Crippen molar-refractivity contribution >= 4 is 17.2 Å². The number of fused-ring (bicyclic) bond motifs is 1. The first-order chi connectivity index (χ1) is 10.5. The fourth-order valence-electron chi connectivity index (χ4n) is 3.53. The molecule has 0 saturated carbocycles. The van der Waals surface area contributed by atoms with Crippen molar-refractivity contribution in [2.24, 2.45) is 5.92 Å². The Morgan fingerprint density at radius 3 is 2.73 bits per heavy atom. The van der Waals surface area contributed by atoms with Crippen LogP contribution < -0.4 is 0 Å². The number of rotatable bonds is 4. The third kappa shape index (κ3) is 3.38. The van der Waals surface area contributed by atoms with Crippen LogP contribution in [0.3, 0.4) is 0 Å². The number of thiophene rings is 1.